The third kappa shape index (κ3) is 6.66. The minimum absolute atomic E-state index is 0.0326. The number of carbonyl (C=O) groups is 2. The van der Waals surface area contributed by atoms with Crippen LogP contribution in [0.2, 0.25) is 0 Å². The molecule has 8 heteroatoms. The molecule has 0 heterocycles. The van der Waals surface area contributed by atoms with E-state index < -0.39 is 0 Å². The molecule has 2 aromatic rings. The predicted molar refractivity (Wildman–Crippen MR) is 114 cm³/mol. The summed E-state index contributed by atoms with van der Waals surface area (Å²) in [5, 5.41) is 2.77. The maximum atomic E-state index is 12.5. The van der Waals surface area contributed by atoms with Gasteiger partial charge in [0.25, 0.3) is 5.91 Å². The molecule has 1 atom stereocenters. The maximum absolute atomic E-state index is 12.5. The van der Waals surface area contributed by atoms with E-state index in [4.69, 9.17) is 14.2 Å². The first kappa shape index (κ1) is 23.0. The fourth-order valence-electron chi connectivity index (χ4n) is 2.98. The van der Waals surface area contributed by atoms with Crippen molar-refractivity contribution >= 4 is 17.5 Å². The first-order chi connectivity index (χ1) is 14.4. The van der Waals surface area contributed by atoms with Gasteiger partial charge in [0.05, 0.1) is 34.9 Å². The van der Waals surface area contributed by atoms with Crippen molar-refractivity contribution in [2.75, 3.05) is 53.8 Å². The number of hydrogen-bond donors (Lipinski definition) is 2. The van der Waals surface area contributed by atoms with E-state index in [2.05, 4.69) is 5.32 Å². The zero-order chi connectivity index (χ0) is 22.1. The van der Waals surface area contributed by atoms with Gasteiger partial charge in [-0.15, -0.1) is 0 Å². The van der Waals surface area contributed by atoms with Crippen LogP contribution in [0.5, 0.6) is 17.2 Å². The molecule has 30 heavy (non-hydrogen) atoms. The third-order valence-corrected chi connectivity index (χ3v) is 4.60. The minimum Gasteiger partial charge on any atom is -0.497 e. The van der Waals surface area contributed by atoms with Crippen molar-refractivity contribution in [2.45, 2.75) is 6.54 Å². The highest BCUT2D eigenvalue weighted by Gasteiger charge is 2.19. The normalized spacial score (nSPS) is 11.4. The lowest BCUT2D eigenvalue weighted by Gasteiger charge is -2.20. The fourth-order valence-corrected chi connectivity index (χ4v) is 2.98. The molecule has 8 nitrogen and oxygen atoms in total. The molecule has 2 rings (SSSR count). The molecule has 0 aliphatic carbocycles. The number of ether oxygens (including phenoxy) is 3. The van der Waals surface area contributed by atoms with Crippen LogP contribution in [0.25, 0.3) is 0 Å². The van der Waals surface area contributed by atoms with E-state index in [-0.39, 0.29) is 24.9 Å². The molecule has 0 spiro atoms. The number of benzene rings is 2. The van der Waals surface area contributed by atoms with E-state index in [1.165, 1.54) is 4.90 Å². The van der Waals surface area contributed by atoms with Crippen LogP contribution in [0.15, 0.2) is 42.5 Å². The second-order valence-electron chi connectivity index (χ2n) is 7.02. The van der Waals surface area contributed by atoms with Crippen molar-refractivity contribution in [1.29, 1.82) is 0 Å². The number of amides is 2. The van der Waals surface area contributed by atoms with Gasteiger partial charge in [0.2, 0.25) is 5.91 Å². The van der Waals surface area contributed by atoms with Crippen LogP contribution in [0, 0.1) is 0 Å². The smallest absolute Gasteiger partial charge is 0.277 e. The second-order valence-corrected chi connectivity index (χ2v) is 7.02. The Morgan fingerprint density at radius 2 is 1.70 bits per heavy atom. The lowest BCUT2D eigenvalue weighted by Crippen LogP contribution is -3.08. The number of rotatable bonds is 10. The average molecular weight is 416 g/mol. The highest BCUT2D eigenvalue weighted by atomic mass is 16.5. The third-order valence-electron chi connectivity index (χ3n) is 4.60. The van der Waals surface area contributed by atoms with Crippen molar-refractivity contribution in [2.24, 2.45) is 0 Å². The summed E-state index contributed by atoms with van der Waals surface area (Å²) in [4.78, 5) is 27.2. The molecule has 162 valence electrons. The standard InChI is InChI=1S/C22H29N3O5/c1-24(13-16-9-10-19(29-4)12-20(16)30-5)15-22(27)25(2)14-21(26)23-17-7-6-8-18(11-17)28-3/h6-12H,13-15H2,1-5H3,(H,23,26)/p+1. The van der Waals surface area contributed by atoms with Gasteiger partial charge in [-0.25, -0.2) is 0 Å². The molecule has 1 unspecified atom stereocenters. The van der Waals surface area contributed by atoms with Gasteiger partial charge < -0.3 is 29.3 Å². The average Bonchev–Trinajstić information content (AvgIpc) is 2.73. The van der Waals surface area contributed by atoms with Gasteiger partial charge in [-0.3, -0.25) is 9.59 Å². The van der Waals surface area contributed by atoms with Crippen molar-refractivity contribution in [3.8, 4) is 17.2 Å². The molecule has 0 bridgehead atoms. The Bertz CT molecular complexity index is 872. The Morgan fingerprint density at radius 3 is 2.37 bits per heavy atom. The second kappa shape index (κ2) is 11.1. The van der Waals surface area contributed by atoms with Crippen LogP contribution in [-0.4, -0.2) is 65.2 Å². The number of methoxy groups -OCH3 is 3. The largest absolute Gasteiger partial charge is 0.497 e. The number of anilines is 1. The molecule has 0 saturated heterocycles. The summed E-state index contributed by atoms with van der Waals surface area (Å²) >= 11 is 0. The first-order valence-corrected chi connectivity index (χ1v) is 9.56. The van der Waals surface area contributed by atoms with Gasteiger partial charge in [-0.2, -0.15) is 0 Å². The molecule has 0 aliphatic rings. The molecule has 0 aliphatic heterocycles. The van der Waals surface area contributed by atoms with Gasteiger partial charge in [-0.1, -0.05) is 6.07 Å². The summed E-state index contributed by atoms with van der Waals surface area (Å²) in [6, 6.07) is 12.7. The van der Waals surface area contributed by atoms with Gasteiger partial charge in [0.15, 0.2) is 6.54 Å². The van der Waals surface area contributed by atoms with Crippen LogP contribution < -0.4 is 24.4 Å². The topological polar surface area (TPSA) is 81.5 Å². The van der Waals surface area contributed by atoms with E-state index in [0.717, 1.165) is 10.5 Å². The summed E-state index contributed by atoms with van der Waals surface area (Å²) in [6.07, 6.45) is 0. The Balaban J connectivity index is 1.87. The monoisotopic (exact) mass is 416 g/mol. The molecule has 0 saturated carbocycles. The van der Waals surface area contributed by atoms with E-state index in [9.17, 15) is 9.59 Å². The highest BCUT2D eigenvalue weighted by Crippen LogP contribution is 2.23. The van der Waals surface area contributed by atoms with Crippen molar-refractivity contribution in [3.05, 3.63) is 48.0 Å². The summed E-state index contributed by atoms with van der Waals surface area (Å²) in [5.74, 6) is 1.68. The number of carbonyl (C=O) groups excluding carboxylic acids is 2. The Labute approximate surface area is 177 Å². The van der Waals surface area contributed by atoms with Crippen LogP contribution in [-0.2, 0) is 16.1 Å². The molecule has 0 aromatic heterocycles. The van der Waals surface area contributed by atoms with E-state index in [0.29, 0.717) is 29.5 Å². The molecule has 0 fully saturated rings. The van der Waals surface area contributed by atoms with Gasteiger partial charge in [0.1, 0.15) is 23.8 Å². The van der Waals surface area contributed by atoms with Crippen molar-refractivity contribution < 1.29 is 28.7 Å². The quantitative estimate of drug-likeness (QED) is 0.600. The zero-order valence-electron chi connectivity index (χ0n) is 18.2. The molecule has 2 aromatic carbocycles. The summed E-state index contributed by atoms with van der Waals surface area (Å²) in [6.45, 7) is 0.816. The number of hydrogen-bond acceptors (Lipinski definition) is 5. The number of nitrogens with zero attached hydrogens (tertiary/aromatic N) is 1. The van der Waals surface area contributed by atoms with Crippen LogP contribution in [0.1, 0.15) is 5.56 Å². The van der Waals surface area contributed by atoms with Gasteiger partial charge in [0, 0.05) is 30.4 Å². The minimum atomic E-state index is -0.270. The fraction of sp³-hybridized carbons (Fsp3) is 0.364. The highest BCUT2D eigenvalue weighted by molar-refractivity contribution is 5.94. The van der Waals surface area contributed by atoms with Crippen LogP contribution >= 0.6 is 0 Å². The van der Waals surface area contributed by atoms with E-state index in [1.807, 2.05) is 25.2 Å². The number of quaternary nitrogens is 1. The molecular formula is C22H30N3O5+. The van der Waals surface area contributed by atoms with Crippen molar-refractivity contribution in [1.82, 2.24) is 4.90 Å². The Kier molecular flexibility index (Phi) is 8.49. The molecular weight excluding hydrogens is 386 g/mol. The molecule has 2 N–H and O–H groups in total. The maximum Gasteiger partial charge on any atom is 0.277 e. The zero-order valence-corrected chi connectivity index (χ0v) is 18.2. The van der Waals surface area contributed by atoms with Gasteiger partial charge >= 0.3 is 0 Å². The lowest BCUT2D eigenvalue weighted by atomic mass is 10.2. The first-order valence-electron chi connectivity index (χ1n) is 9.56. The van der Waals surface area contributed by atoms with Gasteiger partial charge in [-0.05, 0) is 24.3 Å². The lowest BCUT2D eigenvalue weighted by molar-refractivity contribution is -0.885. The van der Waals surface area contributed by atoms with E-state index >= 15 is 0 Å². The summed E-state index contributed by atoms with van der Waals surface area (Å²) < 4.78 is 15.8. The molecule has 0 radical (unpaired) electrons. The van der Waals surface area contributed by atoms with Crippen molar-refractivity contribution in [3.63, 3.8) is 0 Å². The number of likely N-dealkylation sites (N-methyl/N-ethyl adjacent to an activating group) is 2. The SMILES string of the molecule is COc1cccc(NC(=O)CN(C)C(=O)C[NH+](C)Cc2ccc(OC)cc2OC)c1. The van der Waals surface area contributed by atoms with Crippen LogP contribution in [0.3, 0.4) is 0 Å². The summed E-state index contributed by atoms with van der Waals surface area (Å²) in [7, 11) is 8.31. The summed E-state index contributed by atoms with van der Waals surface area (Å²) in [5.41, 5.74) is 1.59. The van der Waals surface area contributed by atoms with E-state index in [1.54, 1.807) is 52.6 Å². The Hall–Kier alpha value is -3.26. The van der Waals surface area contributed by atoms with Crippen LogP contribution in [0.4, 0.5) is 5.69 Å². The number of nitrogens with one attached hydrogen (secondary N) is 2. The molecule has 2 amide bonds. The Morgan fingerprint density at radius 1 is 1.00 bits per heavy atom. The predicted octanol–water partition coefficient (Wildman–Crippen LogP) is 0.824.